The number of ketones is 1. The van der Waals surface area contributed by atoms with Crippen molar-refractivity contribution in [3.05, 3.63) is 39.7 Å². The molecule has 1 aromatic heterocycles. The molecule has 0 saturated heterocycles. The lowest BCUT2D eigenvalue weighted by molar-refractivity contribution is 0.102. The summed E-state index contributed by atoms with van der Waals surface area (Å²) in [5.74, 6) is 0.00872. The smallest absolute Gasteiger partial charge is 0.170 e. The van der Waals surface area contributed by atoms with E-state index in [2.05, 4.69) is 0 Å². The second kappa shape index (κ2) is 5.57. The van der Waals surface area contributed by atoms with Gasteiger partial charge in [-0.05, 0) is 37.1 Å². The van der Waals surface area contributed by atoms with Crippen molar-refractivity contribution in [1.82, 2.24) is 0 Å². The quantitative estimate of drug-likeness (QED) is 0.791. The Hall–Kier alpha value is -0.970. The fourth-order valence-corrected chi connectivity index (χ4v) is 4.34. The third-order valence-electron chi connectivity index (χ3n) is 2.83. The molecular formula is C14H13ClO2S2. The van der Waals surface area contributed by atoms with E-state index in [1.807, 2.05) is 19.1 Å². The van der Waals surface area contributed by atoms with E-state index >= 15 is 0 Å². The number of hydrogen-bond acceptors (Lipinski definition) is 3. The highest BCUT2D eigenvalue weighted by Gasteiger charge is 2.20. The Morgan fingerprint density at radius 1 is 1.26 bits per heavy atom. The lowest BCUT2D eigenvalue weighted by Gasteiger charge is -2.04. The van der Waals surface area contributed by atoms with E-state index in [0.29, 0.717) is 9.90 Å². The van der Waals surface area contributed by atoms with E-state index < -0.39 is 10.8 Å². The van der Waals surface area contributed by atoms with Crippen molar-refractivity contribution in [1.29, 1.82) is 0 Å². The highest BCUT2D eigenvalue weighted by molar-refractivity contribution is 7.86. The molecule has 0 aliphatic heterocycles. The van der Waals surface area contributed by atoms with Crippen molar-refractivity contribution in [3.63, 3.8) is 0 Å². The molecule has 2 aromatic rings. The molecule has 1 unspecified atom stereocenters. The minimum absolute atomic E-state index is 0.00872. The average molecular weight is 313 g/mol. The fraction of sp³-hybridized carbons (Fsp3) is 0.214. The van der Waals surface area contributed by atoms with Crippen LogP contribution in [-0.2, 0) is 10.8 Å². The summed E-state index contributed by atoms with van der Waals surface area (Å²) in [6, 6.07) is 7.36. The number of benzene rings is 1. The summed E-state index contributed by atoms with van der Waals surface area (Å²) in [4.78, 5) is 12.3. The van der Waals surface area contributed by atoms with E-state index in [4.69, 9.17) is 11.6 Å². The molecule has 5 heteroatoms. The molecule has 2 rings (SSSR count). The van der Waals surface area contributed by atoms with Crippen LogP contribution in [0.25, 0.3) is 11.1 Å². The maximum Gasteiger partial charge on any atom is 0.170 e. The minimum atomic E-state index is -1.12. The van der Waals surface area contributed by atoms with Gasteiger partial charge < -0.3 is 0 Å². The first kappa shape index (κ1) is 14.4. The summed E-state index contributed by atoms with van der Waals surface area (Å²) in [5, 5.41) is 0.655. The van der Waals surface area contributed by atoms with Gasteiger partial charge >= 0.3 is 0 Å². The van der Waals surface area contributed by atoms with Gasteiger partial charge in [-0.3, -0.25) is 9.00 Å². The zero-order chi connectivity index (χ0) is 14.2. The average Bonchev–Trinajstić information content (AvgIpc) is 2.68. The first-order valence-corrected chi connectivity index (χ1v) is 8.40. The number of carbonyl (C=O) groups excluding carboxylic acids is 1. The van der Waals surface area contributed by atoms with Gasteiger partial charge in [-0.2, -0.15) is 0 Å². The Kier molecular flexibility index (Phi) is 4.23. The van der Waals surface area contributed by atoms with Crippen LogP contribution in [0.15, 0.2) is 28.5 Å². The molecule has 0 fully saturated rings. The van der Waals surface area contributed by atoms with Crippen LogP contribution in [0.5, 0.6) is 0 Å². The third-order valence-corrected chi connectivity index (χ3v) is 5.95. The van der Waals surface area contributed by atoms with Crippen LogP contribution in [0.1, 0.15) is 22.2 Å². The Morgan fingerprint density at radius 3 is 2.32 bits per heavy atom. The highest BCUT2D eigenvalue weighted by Crippen LogP contribution is 2.38. The molecule has 0 N–H and O–H groups in total. The monoisotopic (exact) mass is 312 g/mol. The van der Waals surface area contributed by atoms with Crippen LogP contribution in [0.2, 0.25) is 5.02 Å². The van der Waals surface area contributed by atoms with Gasteiger partial charge in [0, 0.05) is 16.8 Å². The molecule has 19 heavy (non-hydrogen) atoms. The summed E-state index contributed by atoms with van der Waals surface area (Å²) in [5.41, 5.74) is 2.73. The van der Waals surface area contributed by atoms with Gasteiger partial charge in [0.15, 0.2) is 5.78 Å². The Balaban J connectivity index is 2.70. The number of carbonyl (C=O) groups is 1. The second-order valence-electron chi connectivity index (χ2n) is 4.24. The van der Waals surface area contributed by atoms with Crippen LogP contribution < -0.4 is 0 Å². The van der Waals surface area contributed by atoms with Crippen LogP contribution >= 0.6 is 22.9 Å². The summed E-state index contributed by atoms with van der Waals surface area (Å²) in [6.07, 6.45) is 1.63. The minimum Gasteiger partial charge on any atom is -0.294 e. The molecule has 0 aliphatic carbocycles. The Labute approximate surface area is 123 Å². The van der Waals surface area contributed by atoms with Crippen LogP contribution in [-0.4, -0.2) is 16.2 Å². The summed E-state index contributed by atoms with van der Waals surface area (Å²) >= 11 is 7.20. The normalized spacial score (nSPS) is 12.4. The maximum absolute atomic E-state index is 11.9. The zero-order valence-corrected chi connectivity index (χ0v) is 13.2. The summed E-state index contributed by atoms with van der Waals surface area (Å²) in [6.45, 7) is 3.43. The molecule has 2 nitrogen and oxygen atoms in total. The third kappa shape index (κ3) is 2.81. The van der Waals surface area contributed by atoms with Gasteiger partial charge in [0.2, 0.25) is 0 Å². The van der Waals surface area contributed by atoms with Gasteiger partial charge in [-0.15, -0.1) is 11.3 Å². The van der Waals surface area contributed by atoms with Gasteiger partial charge in [0.05, 0.1) is 19.9 Å². The molecule has 0 aliphatic rings. The molecule has 0 radical (unpaired) electrons. The molecule has 0 spiro atoms. The Morgan fingerprint density at radius 2 is 1.84 bits per heavy atom. The van der Waals surface area contributed by atoms with Gasteiger partial charge in [0.1, 0.15) is 0 Å². The predicted molar refractivity (Wildman–Crippen MR) is 81.8 cm³/mol. The van der Waals surface area contributed by atoms with Crippen molar-refractivity contribution in [3.8, 4) is 11.1 Å². The molecule has 0 amide bonds. The molecule has 0 saturated carbocycles. The van der Waals surface area contributed by atoms with Crippen molar-refractivity contribution < 1.29 is 9.00 Å². The second-order valence-corrected chi connectivity index (χ2v) is 7.27. The zero-order valence-electron chi connectivity index (χ0n) is 10.8. The van der Waals surface area contributed by atoms with Crippen molar-refractivity contribution in [2.45, 2.75) is 18.1 Å². The number of thiophene rings is 1. The lowest BCUT2D eigenvalue weighted by Crippen LogP contribution is -1.91. The van der Waals surface area contributed by atoms with Crippen molar-refractivity contribution >= 4 is 39.5 Å². The van der Waals surface area contributed by atoms with Gasteiger partial charge in [0.25, 0.3) is 0 Å². The van der Waals surface area contributed by atoms with Crippen LogP contribution in [0.4, 0.5) is 0 Å². The van der Waals surface area contributed by atoms with Gasteiger partial charge in [-0.25, -0.2) is 0 Å². The molecule has 1 aromatic carbocycles. The van der Waals surface area contributed by atoms with E-state index in [1.165, 1.54) is 18.3 Å². The summed E-state index contributed by atoms with van der Waals surface area (Å²) < 4.78 is 12.6. The SMILES string of the molecule is CC(=O)c1sc(S(C)=O)c(-c2ccc(Cl)cc2)c1C. The largest absolute Gasteiger partial charge is 0.294 e. The fourth-order valence-electron chi connectivity index (χ4n) is 1.98. The van der Waals surface area contributed by atoms with Crippen molar-refractivity contribution in [2.75, 3.05) is 6.26 Å². The topological polar surface area (TPSA) is 34.1 Å². The number of Topliss-reactive ketones (excluding diaryl/α,β-unsaturated/α-hetero) is 1. The predicted octanol–water partition coefficient (Wildman–Crippen LogP) is 4.32. The molecule has 0 bridgehead atoms. The standard InChI is InChI=1S/C14H13ClO2S2/c1-8-12(10-4-6-11(15)7-5-10)14(19(3)17)18-13(8)9(2)16/h4-7H,1-3H3. The number of rotatable bonds is 3. The van der Waals surface area contributed by atoms with E-state index in [0.717, 1.165) is 20.9 Å². The first-order valence-electron chi connectivity index (χ1n) is 5.65. The van der Waals surface area contributed by atoms with E-state index in [1.54, 1.807) is 18.4 Å². The lowest BCUT2D eigenvalue weighted by atomic mass is 10.0. The van der Waals surface area contributed by atoms with E-state index in [9.17, 15) is 9.00 Å². The first-order chi connectivity index (χ1) is 8.91. The molecule has 1 atom stereocenters. The number of halogens is 1. The molecular weight excluding hydrogens is 300 g/mol. The Bertz CT molecular complexity index is 657. The number of hydrogen-bond donors (Lipinski definition) is 0. The summed E-state index contributed by atoms with van der Waals surface area (Å²) in [7, 11) is -1.12. The highest BCUT2D eigenvalue weighted by atomic mass is 35.5. The van der Waals surface area contributed by atoms with Gasteiger partial charge in [-0.1, -0.05) is 23.7 Å². The molecule has 1 heterocycles. The van der Waals surface area contributed by atoms with Crippen LogP contribution in [0, 0.1) is 6.92 Å². The molecule has 100 valence electrons. The maximum atomic E-state index is 11.9. The van der Waals surface area contributed by atoms with E-state index in [-0.39, 0.29) is 5.78 Å². The van der Waals surface area contributed by atoms with Crippen LogP contribution in [0.3, 0.4) is 0 Å². The van der Waals surface area contributed by atoms with Crippen molar-refractivity contribution in [2.24, 2.45) is 0 Å².